The molecule has 1 atom stereocenters. The minimum Gasteiger partial charge on any atom is -0.467 e. The highest BCUT2D eigenvalue weighted by Crippen LogP contribution is 2.06. The predicted molar refractivity (Wildman–Crippen MR) is 97.5 cm³/mol. The number of carbonyl (C=O) groups is 3. The van der Waals surface area contributed by atoms with Gasteiger partial charge in [-0.15, -0.1) is 0 Å². The molecule has 1 aromatic carbocycles. The van der Waals surface area contributed by atoms with Crippen molar-refractivity contribution < 1.29 is 23.9 Å². The second-order valence-corrected chi connectivity index (χ2v) is 6.59. The number of benzene rings is 1. The molecule has 0 aliphatic heterocycles. The second-order valence-electron chi connectivity index (χ2n) is 6.59. The van der Waals surface area contributed by atoms with Gasteiger partial charge < -0.3 is 20.1 Å². The van der Waals surface area contributed by atoms with Crippen molar-refractivity contribution in [2.45, 2.75) is 38.8 Å². The molecule has 1 rings (SSSR count). The highest BCUT2D eigenvalue weighted by molar-refractivity contribution is 5.93. The van der Waals surface area contributed by atoms with Crippen molar-refractivity contribution in [3.8, 4) is 0 Å². The molecule has 0 aromatic heterocycles. The van der Waals surface area contributed by atoms with Crippen LogP contribution in [0, 0.1) is 0 Å². The van der Waals surface area contributed by atoms with Crippen LogP contribution in [0.3, 0.4) is 0 Å². The van der Waals surface area contributed by atoms with Crippen LogP contribution < -0.4 is 10.6 Å². The zero-order valence-corrected chi connectivity index (χ0v) is 15.6. The largest absolute Gasteiger partial charge is 0.467 e. The van der Waals surface area contributed by atoms with Crippen LogP contribution in [0.25, 0.3) is 0 Å². The molecule has 0 heterocycles. The lowest BCUT2D eigenvalue weighted by atomic mass is 10.1. The lowest BCUT2D eigenvalue weighted by molar-refractivity contribution is -0.142. The number of hydrogen-bond donors (Lipinski definition) is 2. The summed E-state index contributed by atoms with van der Waals surface area (Å²) in [6, 6.07) is 8.83. The van der Waals surface area contributed by atoms with Crippen molar-refractivity contribution in [1.29, 1.82) is 0 Å². The fourth-order valence-corrected chi connectivity index (χ4v) is 1.99. The van der Waals surface area contributed by atoms with E-state index in [1.54, 1.807) is 20.8 Å². The van der Waals surface area contributed by atoms with E-state index in [9.17, 15) is 14.4 Å². The van der Waals surface area contributed by atoms with E-state index < -0.39 is 23.7 Å². The molecule has 2 N–H and O–H groups in total. The van der Waals surface area contributed by atoms with E-state index in [2.05, 4.69) is 10.6 Å². The van der Waals surface area contributed by atoms with Crippen molar-refractivity contribution in [3.63, 3.8) is 0 Å². The molecule has 0 spiro atoms. The molecule has 1 amide bonds. The van der Waals surface area contributed by atoms with Gasteiger partial charge in [0, 0.05) is 12.6 Å². The molecule has 0 unspecified atom stereocenters. The first kappa shape index (κ1) is 21.2. The summed E-state index contributed by atoms with van der Waals surface area (Å²) in [6.07, 6.45) is 2.38. The van der Waals surface area contributed by atoms with Crippen LogP contribution in [0.1, 0.15) is 26.3 Å². The Morgan fingerprint density at radius 2 is 1.81 bits per heavy atom. The van der Waals surface area contributed by atoms with Gasteiger partial charge in [0.05, 0.1) is 13.7 Å². The number of ketones is 1. The van der Waals surface area contributed by atoms with Crippen LogP contribution >= 0.6 is 0 Å². The molecule has 0 radical (unpaired) electrons. The number of ether oxygens (including phenoxy) is 2. The summed E-state index contributed by atoms with van der Waals surface area (Å²) in [5.74, 6) is -0.774. The highest BCUT2D eigenvalue weighted by atomic mass is 16.6. The molecule has 0 fully saturated rings. The summed E-state index contributed by atoms with van der Waals surface area (Å²) >= 11 is 0. The Morgan fingerprint density at radius 1 is 1.15 bits per heavy atom. The number of esters is 1. The zero-order valence-electron chi connectivity index (χ0n) is 15.6. The number of nitrogens with one attached hydrogen (secondary N) is 2. The molecule has 7 nitrogen and oxygen atoms in total. The summed E-state index contributed by atoms with van der Waals surface area (Å²) in [6.45, 7) is 5.00. The molecule has 0 saturated heterocycles. The van der Waals surface area contributed by atoms with Gasteiger partial charge >= 0.3 is 12.1 Å². The number of methoxy groups -OCH3 is 1. The molecule has 0 saturated carbocycles. The van der Waals surface area contributed by atoms with Gasteiger partial charge in [-0.1, -0.05) is 30.3 Å². The minimum atomic E-state index is -0.663. The SMILES string of the molecule is COC(=O)[C@H](Cc1ccccc1)N/C=C\C(=O)CNC(=O)OC(C)(C)C. The molecule has 7 heteroatoms. The first-order valence-corrected chi connectivity index (χ1v) is 8.25. The average Bonchev–Trinajstić information content (AvgIpc) is 2.58. The third-order valence-electron chi connectivity index (χ3n) is 3.14. The zero-order chi connectivity index (χ0) is 19.6. The first-order valence-electron chi connectivity index (χ1n) is 8.25. The fourth-order valence-electron chi connectivity index (χ4n) is 1.99. The summed E-state index contributed by atoms with van der Waals surface area (Å²) < 4.78 is 9.81. The van der Waals surface area contributed by atoms with E-state index >= 15 is 0 Å². The topological polar surface area (TPSA) is 93.7 Å². The number of hydrogen-bond acceptors (Lipinski definition) is 6. The predicted octanol–water partition coefficient (Wildman–Crippen LogP) is 1.97. The van der Waals surface area contributed by atoms with E-state index in [4.69, 9.17) is 9.47 Å². The second kappa shape index (κ2) is 10.2. The summed E-state index contributed by atoms with van der Waals surface area (Å²) in [7, 11) is 1.31. The lowest BCUT2D eigenvalue weighted by Crippen LogP contribution is -2.37. The molecular weight excluding hydrogens is 336 g/mol. The van der Waals surface area contributed by atoms with Crippen molar-refractivity contribution >= 4 is 17.8 Å². The van der Waals surface area contributed by atoms with Gasteiger partial charge in [0.15, 0.2) is 5.78 Å². The highest BCUT2D eigenvalue weighted by Gasteiger charge is 2.18. The van der Waals surface area contributed by atoms with Gasteiger partial charge in [-0.3, -0.25) is 4.79 Å². The first-order chi connectivity index (χ1) is 12.2. The van der Waals surface area contributed by atoms with Crippen LogP contribution in [0.15, 0.2) is 42.6 Å². The molecule has 1 aromatic rings. The Hall–Kier alpha value is -2.83. The Balaban J connectivity index is 2.50. The van der Waals surface area contributed by atoms with E-state index in [1.165, 1.54) is 19.4 Å². The van der Waals surface area contributed by atoms with Gasteiger partial charge in [-0.2, -0.15) is 0 Å². The maximum absolute atomic E-state index is 11.9. The van der Waals surface area contributed by atoms with Gasteiger partial charge in [-0.05, 0) is 32.4 Å². The molecule has 0 aliphatic rings. The van der Waals surface area contributed by atoms with Gasteiger partial charge in [-0.25, -0.2) is 9.59 Å². The Kier molecular flexibility index (Phi) is 8.34. The molecule has 26 heavy (non-hydrogen) atoms. The summed E-state index contributed by atoms with van der Waals surface area (Å²) in [5.41, 5.74) is 0.331. The van der Waals surface area contributed by atoms with E-state index in [-0.39, 0.29) is 12.3 Å². The van der Waals surface area contributed by atoms with Gasteiger partial charge in [0.2, 0.25) is 0 Å². The maximum Gasteiger partial charge on any atom is 0.408 e. The molecular formula is C19H26N2O5. The van der Waals surface area contributed by atoms with Crippen LogP contribution in [-0.2, 0) is 25.5 Å². The Bertz CT molecular complexity index is 635. The van der Waals surface area contributed by atoms with Crippen LogP contribution in [0.2, 0.25) is 0 Å². The lowest BCUT2D eigenvalue weighted by Gasteiger charge is -2.19. The third-order valence-corrected chi connectivity index (χ3v) is 3.14. The van der Waals surface area contributed by atoms with Gasteiger partial charge in [0.25, 0.3) is 0 Å². The van der Waals surface area contributed by atoms with E-state index in [0.717, 1.165) is 5.56 Å². The number of alkyl carbamates (subject to hydrolysis) is 1. The molecule has 0 aliphatic carbocycles. The quantitative estimate of drug-likeness (QED) is 0.542. The third kappa shape index (κ3) is 8.86. The smallest absolute Gasteiger partial charge is 0.408 e. The summed E-state index contributed by atoms with van der Waals surface area (Å²) in [4.78, 5) is 35.1. The van der Waals surface area contributed by atoms with Crippen molar-refractivity contribution in [1.82, 2.24) is 10.6 Å². The van der Waals surface area contributed by atoms with Gasteiger partial charge in [0.1, 0.15) is 11.6 Å². The van der Waals surface area contributed by atoms with Crippen molar-refractivity contribution in [2.24, 2.45) is 0 Å². The van der Waals surface area contributed by atoms with Crippen LogP contribution in [-0.4, -0.2) is 43.1 Å². The standard InChI is InChI=1S/C19H26N2O5/c1-19(2,3)26-18(24)21-13-15(22)10-11-20-16(17(23)25-4)12-14-8-6-5-7-9-14/h5-11,16,20H,12-13H2,1-4H3,(H,21,24)/b11-10-/t16-/m0/s1. The Labute approximate surface area is 153 Å². The van der Waals surface area contributed by atoms with Crippen LogP contribution in [0.4, 0.5) is 4.79 Å². The van der Waals surface area contributed by atoms with E-state index in [0.29, 0.717) is 6.42 Å². The van der Waals surface area contributed by atoms with E-state index in [1.807, 2.05) is 30.3 Å². The number of rotatable bonds is 8. The minimum absolute atomic E-state index is 0.200. The van der Waals surface area contributed by atoms with Crippen molar-refractivity contribution in [2.75, 3.05) is 13.7 Å². The van der Waals surface area contributed by atoms with Crippen LogP contribution in [0.5, 0.6) is 0 Å². The summed E-state index contributed by atoms with van der Waals surface area (Å²) in [5, 5.41) is 5.23. The Morgan fingerprint density at radius 3 is 2.38 bits per heavy atom. The maximum atomic E-state index is 11.9. The molecule has 142 valence electrons. The number of carbonyl (C=O) groups excluding carboxylic acids is 3. The molecule has 0 bridgehead atoms. The fraction of sp³-hybridized carbons (Fsp3) is 0.421. The average molecular weight is 362 g/mol. The number of amides is 1. The monoisotopic (exact) mass is 362 g/mol. The van der Waals surface area contributed by atoms with Crippen molar-refractivity contribution in [3.05, 3.63) is 48.2 Å². The normalized spacial score (nSPS) is 12.3.